The SMILES string of the molecule is COC(=O)c1nc(C)nc(N)c1Cl. The lowest BCUT2D eigenvalue weighted by molar-refractivity contribution is 0.0594. The zero-order chi connectivity index (χ0) is 10.0. The molecular weight excluding hydrogens is 194 g/mol. The molecule has 0 saturated carbocycles. The van der Waals surface area contributed by atoms with E-state index in [4.69, 9.17) is 17.3 Å². The lowest BCUT2D eigenvalue weighted by Gasteiger charge is -2.03. The molecule has 13 heavy (non-hydrogen) atoms. The number of aromatic nitrogens is 2. The highest BCUT2D eigenvalue weighted by atomic mass is 35.5. The van der Waals surface area contributed by atoms with Gasteiger partial charge in [0.15, 0.2) is 5.69 Å². The van der Waals surface area contributed by atoms with Crippen molar-refractivity contribution in [1.82, 2.24) is 9.97 Å². The summed E-state index contributed by atoms with van der Waals surface area (Å²) in [5.41, 5.74) is 5.42. The minimum atomic E-state index is -0.623. The number of carbonyl (C=O) groups excluding carboxylic acids is 1. The summed E-state index contributed by atoms with van der Waals surface area (Å²) in [6, 6.07) is 0. The fourth-order valence-corrected chi connectivity index (χ4v) is 0.974. The van der Waals surface area contributed by atoms with Gasteiger partial charge in [0.2, 0.25) is 0 Å². The zero-order valence-corrected chi connectivity index (χ0v) is 7.92. The van der Waals surface area contributed by atoms with Crippen LogP contribution >= 0.6 is 11.6 Å². The van der Waals surface area contributed by atoms with Crippen molar-refractivity contribution in [3.8, 4) is 0 Å². The smallest absolute Gasteiger partial charge is 0.358 e. The first-order chi connectivity index (χ1) is 6.06. The summed E-state index contributed by atoms with van der Waals surface area (Å²) in [6.45, 7) is 1.61. The molecule has 70 valence electrons. The van der Waals surface area contributed by atoms with Crippen LogP contribution in [0.5, 0.6) is 0 Å². The quantitative estimate of drug-likeness (QED) is 0.681. The Morgan fingerprint density at radius 3 is 2.69 bits per heavy atom. The van der Waals surface area contributed by atoms with Gasteiger partial charge in [0, 0.05) is 0 Å². The number of nitrogens with zero attached hydrogens (tertiary/aromatic N) is 2. The van der Waals surface area contributed by atoms with Gasteiger partial charge in [0.25, 0.3) is 0 Å². The van der Waals surface area contributed by atoms with Gasteiger partial charge in [-0.15, -0.1) is 0 Å². The molecule has 0 radical (unpaired) electrons. The second-order valence-electron chi connectivity index (χ2n) is 2.31. The third-order valence-corrected chi connectivity index (χ3v) is 1.74. The highest BCUT2D eigenvalue weighted by Gasteiger charge is 2.16. The molecule has 0 spiro atoms. The van der Waals surface area contributed by atoms with E-state index >= 15 is 0 Å². The van der Waals surface area contributed by atoms with Gasteiger partial charge in [0.05, 0.1) is 7.11 Å². The van der Waals surface area contributed by atoms with Crippen molar-refractivity contribution < 1.29 is 9.53 Å². The van der Waals surface area contributed by atoms with Crippen LogP contribution in [0.2, 0.25) is 5.02 Å². The van der Waals surface area contributed by atoms with E-state index in [1.807, 2.05) is 0 Å². The van der Waals surface area contributed by atoms with Crippen LogP contribution in [0.1, 0.15) is 16.3 Å². The van der Waals surface area contributed by atoms with E-state index in [2.05, 4.69) is 14.7 Å². The first-order valence-electron chi connectivity index (χ1n) is 3.44. The molecule has 0 bridgehead atoms. The minimum absolute atomic E-state index is 0.00540. The van der Waals surface area contributed by atoms with Crippen molar-refractivity contribution in [2.45, 2.75) is 6.92 Å². The third kappa shape index (κ3) is 1.86. The molecule has 0 unspecified atom stereocenters. The molecule has 6 heteroatoms. The van der Waals surface area contributed by atoms with Gasteiger partial charge in [-0.05, 0) is 6.92 Å². The lowest BCUT2D eigenvalue weighted by Crippen LogP contribution is -2.09. The predicted octanol–water partition coefficient (Wildman–Crippen LogP) is 0.807. The molecule has 2 N–H and O–H groups in total. The summed E-state index contributed by atoms with van der Waals surface area (Å²) in [4.78, 5) is 18.7. The maximum absolute atomic E-state index is 11.1. The average Bonchev–Trinajstić information content (AvgIpc) is 2.10. The monoisotopic (exact) mass is 201 g/mol. The molecule has 0 atom stereocenters. The number of rotatable bonds is 1. The molecule has 0 amide bonds. The van der Waals surface area contributed by atoms with Crippen molar-refractivity contribution in [2.24, 2.45) is 0 Å². The van der Waals surface area contributed by atoms with Crippen LogP contribution in [0.4, 0.5) is 5.82 Å². The summed E-state index contributed by atoms with van der Waals surface area (Å²) in [6.07, 6.45) is 0. The lowest BCUT2D eigenvalue weighted by atomic mass is 10.4. The number of hydrogen-bond acceptors (Lipinski definition) is 5. The minimum Gasteiger partial charge on any atom is -0.464 e. The van der Waals surface area contributed by atoms with Crippen molar-refractivity contribution in [2.75, 3.05) is 12.8 Å². The van der Waals surface area contributed by atoms with Crippen LogP contribution in [0, 0.1) is 6.92 Å². The number of anilines is 1. The summed E-state index contributed by atoms with van der Waals surface area (Å²) >= 11 is 5.69. The van der Waals surface area contributed by atoms with Crippen molar-refractivity contribution >= 4 is 23.4 Å². The van der Waals surface area contributed by atoms with Gasteiger partial charge >= 0.3 is 5.97 Å². The van der Waals surface area contributed by atoms with E-state index in [1.165, 1.54) is 7.11 Å². The molecule has 5 nitrogen and oxygen atoms in total. The summed E-state index contributed by atoms with van der Waals surface area (Å²) in [5.74, 6) is -0.168. The number of aryl methyl sites for hydroxylation is 1. The van der Waals surface area contributed by atoms with E-state index in [0.717, 1.165) is 0 Å². The first-order valence-corrected chi connectivity index (χ1v) is 3.82. The van der Waals surface area contributed by atoms with Crippen molar-refractivity contribution in [3.05, 3.63) is 16.5 Å². The molecule has 0 aromatic carbocycles. The molecular formula is C7H8ClN3O2. The Labute approximate surface area is 79.9 Å². The highest BCUT2D eigenvalue weighted by molar-refractivity contribution is 6.35. The molecule has 1 rings (SSSR count). The molecule has 0 aliphatic heterocycles. The Hall–Kier alpha value is -1.36. The second-order valence-corrected chi connectivity index (χ2v) is 2.69. The number of nitrogens with two attached hydrogens (primary N) is 1. The third-order valence-electron chi connectivity index (χ3n) is 1.37. The van der Waals surface area contributed by atoms with E-state index < -0.39 is 5.97 Å². The number of halogens is 1. The first kappa shape index (κ1) is 9.73. The van der Waals surface area contributed by atoms with Gasteiger partial charge in [0.1, 0.15) is 16.7 Å². The van der Waals surface area contributed by atoms with Gasteiger partial charge in [-0.25, -0.2) is 14.8 Å². The summed E-state index contributed by atoms with van der Waals surface area (Å²) in [5, 5.41) is 0.0254. The topological polar surface area (TPSA) is 78.1 Å². The van der Waals surface area contributed by atoms with Crippen LogP contribution in [0.25, 0.3) is 0 Å². The standard InChI is InChI=1S/C7H8ClN3O2/c1-3-10-5(7(12)13-2)4(8)6(9)11-3/h1-2H3,(H2,9,10,11). The maximum Gasteiger partial charge on any atom is 0.358 e. The summed E-state index contributed by atoms with van der Waals surface area (Å²) in [7, 11) is 1.24. The van der Waals surface area contributed by atoms with Gasteiger partial charge in [-0.1, -0.05) is 11.6 Å². The van der Waals surface area contributed by atoms with Crippen LogP contribution in [-0.4, -0.2) is 23.0 Å². The average molecular weight is 202 g/mol. The van der Waals surface area contributed by atoms with Gasteiger partial charge in [-0.3, -0.25) is 0 Å². The number of methoxy groups -OCH3 is 1. The molecule has 0 fully saturated rings. The molecule has 0 aliphatic carbocycles. The van der Waals surface area contributed by atoms with E-state index in [1.54, 1.807) is 6.92 Å². The molecule has 0 aliphatic rings. The van der Waals surface area contributed by atoms with E-state index in [0.29, 0.717) is 5.82 Å². The maximum atomic E-state index is 11.1. The Bertz CT molecular complexity index is 354. The Morgan fingerprint density at radius 2 is 2.15 bits per heavy atom. The zero-order valence-electron chi connectivity index (χ0n) is 7.17. The van der Waals surface area contributed by atoms with Gasteiger partial charge in [-0.2, -0.15) is 0 Å². The van der Waals surface area contributed by atoms with Gasteiger partial charge < -0.3 is 10.5 Å². The van der Waals surface area contributed by atoms with Crippen molar-refractivity contribution in [3.63, 3.8) is 0 Å². The van der Waals surface area contributed by atoms with Crippen LogP contribution in [0.15, 0.2) is 0 Å². The predicted molar refractivity (Wildman–Crippen MR) is 47.5 cm³/mol. The Kier molecular flexibility index (Phi) is 2.67. The number of esters is 1. The number of hydrogen-bond donors (Lipinski definition) is 1. The number of carbonyl (C=O) groups is 1. The van der Waals surface area contributed by atoms with Crippen molar-refractivity contribution in [1.29, 1.82) is 0 Å². The molecule has 1 heterocycles. The normalized spacial score (nSPS) is 9.77. The number of nitrogen functional groups attached to an aromatic ring is 1. The number of ether oxygens (including phenoxy) is 1. The fraction of sp³-hybridized carbons (Fsp3) is 0.286. The second kappa shape index (κ2) is 3.57. The Balaban J connectivity index is 3.28. The van der Waals surface area contributed by atoms with Crippen LogP contribution in [0.3, 0.4) is 0 Å². The van der Waals surface area contributed by atoms with E-state index in [9.17, 15) is 4.79 Å². The van der Waals surface area contributed by atoms with E-state index in [-0.39, 0.29) is 16.5 Å². The fourth-order valence-electron chi connectivity index (χ4n) is 0.813. The largest absolute Gasteiger partial charge is 0.464 e. The van der Waals surface area contributed by atoms with Crippen LogP contribution < -0.4 is 5.73 Å². The molecule has 0 saturated heterocycles. The van der Waals surface area contributed by atoms with Crippen LogP contribution in [-0.2, 0) is 4.74 Å². The summed E-state index contributed by atoms with van der Waals surface area (Å²) < 4.78 is 4.46. The highest BCUT2D eigenvalue weighted by Crippen LogP contribution is 2.20. The molecule has 1 aromatic rings. The molecule has 1 aromatic heterocycles. The Morgan fingerprint density at radius 1 is 1.54 bits per heavy atom.